The average molecular weight is 252 g/mol. The van der Waals surface area contributed by atoms with E-state index >= 15 is 0 Å². The molecule has 0 bridgehead atoms. The lowest BCUT2D eigenvalue weighted by Gasteiger charge is -2.21. The molecule has 0 heterocycles. The van der Waals surface area contributed by atoms with E-state index in [0.29, 0.717) is 11.8 Å². The normalized spacial score (nSPS) is 12.9. The van der Waals surface area contributed by atoms with Crippen molar-refractivity contribution in [1.82, 2.24) is 10.6 Å². The van der Waals surface area contributed by atoms with Crippen LogP contribution in [0.4, 0.5) is 4.39 Å². The highest BCUT2D eigenvalue weighted by molar-refractivity contribution is 5.16. The molecule has 0 aliphatic heterocycles. The van der Waals surface area contributed by atoms with Gasteiger partial charge in [0.2, 0.25) is 0 Å². The zero-order chi connectivity index (χ0) is 13.4. The Hall–Kier alpha value is -0.930. The van der Waals surface area contributed by atoms with E-state index in [-0.39, 0.29) is 5.82 Å². The van der Waals surface area contributed by atoms with Crippen LogP contribution in [-0.4, -0.2) is 26.7 Å². The lowest BCUT2D eigenvalue weighted by molar-refractivity contribution is 0.354. The quantitative estimate of drug-likeness (QED) is 0.694. The Balaban J connectivity index is 2.23. The zero-order valence-electron chi connectivity index (χ0n) is 11.7. The minimum absolute atomic E-state index is 0.166. The van der Waals surface area contributed by atoms with E-state index in [9.17, 15) is 4.39 Å². The molecule has 1 aromatic rings. The van der Waals surface area contributed by atoms with Crippen LogP contribution in [-0.2, 0) is 6.42 Å². The van der Waals surface area contributed by atoms with Crippen LogP contribution in [0.2, 0.25) is 0 Å². The summed E-state index contributed by atoms with van der Waals surface area (Å²) in [5.41, 5.74) is 1.18. The van der Waals surface area contributed by atoms with Crippen molar-refractivity contribution < 1.29 is 4.39 Å². The van der Waals surface area contributed by atoms with Gasteiger partial charge in [0.15, 0.2) is 0 Å². The van der Waals surface area contributed by atoms with Gasteiger partial charge in [-0.15, -0.1) is 0 Å². The summed E-state index contributed by atoms with van der Waals surface area (Å²) in [4.78, 5) is 0. The highest BCUT2D eigenvalue weighted by Crippen LogP contribution is 2.08. The average Bonchev–Trinajstić information content (AvgIpc) is 2.35. The summed E-state index contributed by atoms with van der Waals surface area (Å²) < 4.78 is 12.7. The van der Waals surface area contributed by atoms with Gasteiger partial charge in [-0.3, -0.25) is 0 Å². The number of nitrogens with one attached hydrogen (secondary N) is 2. The molecule has 18 heavy (non-hydrogen) atoms. The van der Waals surface area contributed by atoms with Gasteiger partial charge >= 0.3 is 0 Å². The van der Waals surface area contributed by atoms with Crippen molar-refractivity contribution in [1.29, 1.82) is 0 Å². The van der Waals surface area contributed by atoms with Crippen LogP contribution in [0.1, 0.15) is 19.4 Å². The summed E-state index contributed by atoms with van der Waals surface area (Å²) in [5.74, 6) is 1.17. The van der Waals surface area contributed by atoms with Gasteiger partial charge < -0.3 is 10.6 Å². The molecule has 0 amide bonds. The van der Waals surface area contributed by atoms with Crippen LogP contribution >= 0.6 is 0 Å². The van der Waals surface area contributed by atoms with Gasteiger partial charge in [-0.05, 0) is 62.6 Å². The standard InChI is InChI=1S/C15H25FN2/c1-12(2)14(10-17-3)11-18-9-8-13-4-6-15(16)7-5-13/h4-7,12,14,17-18H,8-11H2,1-3H3. The van der Waals surface area contributed by atoms with Crippen molar-refractivity contribution in [3.63, 3.8) is 0 Å². The van der Waals surface area contributed by atoms with Crippen LogP contribution in [0.3, 0.4) is 0 Å². The molecule has 2 N–H and O–H groups in total. The first kappa shape index (κ1) is 15.1. The van der Waals surface area contributed by atoms with Gasteiger partial charge in [-0.2, -0.15) is 0 Å². The maximum Gasteiger partial charge on any atom is 0.123 e. The van der Waals surface area contributed by atoms with Gasteiger partial charge in [-0.25, -0.2) is 4.39 Å². The summed E-state index contributed by atoms with van der Waals surface area (Å²) in [6.07, 6.45) is 0.949. The van der Waals surface area contributed by atoms with E-state index in [1.807, 2.05) is 19.2 Å². The molecule has 2 nitrogen and oxygen atoms in total. The molecular formula is C15H25FN2. The number of halogens is 1. The number of benzene rings is 1. The summed E-state index contributed by atoms with van der Waals surface area (Å²) in [5, 5.41) is 6.71. The number of hydrogen-bond donors (Lipinski definition) is 2. The summed E-state index contributed by atoms with van der Waals surface area (Å²) >= 11 is 0. The third kappa shape index (κ3) is 5.61. The van der Waals surface area contributed by atoms with Crippen LogP contribution in [0.15, 0.2) is 24.3 Å². The maximum absolute atomic E-state index is 12.7. The van der Waals surface area contributed by atoms with Gasteiger partial charge in [0, 0.05) is 0 Å². The fourth-order valence-electron chi connectivity index (χ4n) is 1.98. The second-order valence-corrected chi connectivity index (χ2v) is 5.14. The minimum Gasteiger partial charge on any atom is -0.319 e. The van der Waals surface area contributed by atoms with Crippen LogP contribution in [0, 0.1) is 17.7 Å². The zero-order valence-corrected chi connectivity index (χ0v) is 11.7. The highest BCUT2D eigenvalue weighted by atomic mass is 19.1. The number of hydrogen-bond acceptors (Lipinski definition) is 2. The van der Waals surface area contributed by atoms with Crippen molar-refractivity contribution in [2.24, 2.45) is 11.8 Å². The van der Waals surface area contributed by atoms with Crippen molar-refractivity contribution in [2.75, 3.05) is 26.7 Å². The molecule has 0 saturated heterocycles. The first-order valence-electron chi connectivity index (χ1n) is 6.73. The predicted octanol–water partition coefficient (Wildman–Crippen LogP) is 2.45. The Morgan fingerprint density at radius 3 is 2.33 bits per heavy atom. The molecule has 1 aromatic carbocycles. The first-order chi connectivity index (χ1) is 8.63. The summed E-state index contributed by atoms with van der Waals surface area (Å²) in [7, 11) is 1.99. The van der Waals surface area contributed by atoms with E-state index in [4.69, 9.17) is 0 Å². The molecule has 0 aromatic heterocycles. The van der Waals surface area contributed by atoms with Crippen molar-refractivity contribution in [3.05, 3.63) is 35.6 Å². The second-order valence-electron chi connectivity index (χ2n) is 5.14. The Kier molecular flexibility index (Phi) is 6.91. The third-order valence-corrected chi connectivity index (χ3v) is 3.32. The van der Waals surface area contributed by atoms with Gasteiger partial charge in [0.05, 0.1) is 0 Å². The monoisotopic (exact) mass is 252 g/mol. The van der Waals surface area contributed by atoms with E-state index in [1.54, 1.807) is 0 Å². The lowest BCUT2D eigenvalue weighted by Crippen LogP contribution is -2.34. The smallest absolute Gasteiger partial charge is 0.123 e. The van der Waals surface area contributed by atoms with E-state index in [0.717, 1.165) is 26.1 Å². The Labute approximate surface area is 110 Å². The molecule has 0 spiro atoms. The molecule has 0 radical (unpaired) electrons. The summed E-state index contributed by atoms with van der Waals surface area (Å²) in [6.45, 7) is 7.52. The van der Waals surface area contributed by atoms with Crippen LogP contribution in [0.25, 0.3) is 0 Å². The van der Waals surface area contributed by atoms with Gasteiger partial charge in [0.25, 0.3) is 0 Å². The Morgan fingerprint density at radius 2 is 1.78 bits per heavy atom. The van der Waals surface area contributed by atoms with E-state index in [2.05, 4.69) is 24.5 Å². The SMILES string of the molecule is CNCC(CNCCc1ccc(F)cc1)C(C)C. The largest absolute Gasteiger partial charge is 0.319 e. The fraction of sp³-hybridized carbons (Fsp3) is 0.600. The summed E-state index contributed by atoms with van der Waals surface area (Å²) in [6, 6.07) is 6.75. The van der Waals surface area contributed by atoms with Crippen molar-refractivity contribution in [2.45, 2.75) is 20.3 Å². The van der Waals surface area contributed by atoms with E-state index < -0.39 is 0 Å². The van der Waals surface area contributed by atoms with Gasteiger partial charge in [-0.1, -0.05) is 26.0 Å². The molecular weight excluding hydrogens is 227 g/mol. The topological polar surface area (TPSA) is 24.1 Å². The highest BCUT2D eigenvalue weighted by Gasteiger charge is 2.11. The second kappa shape index (κ2) is 8.22. The molecule has 1 rings (SSSR count). The van der Waals surface area contributed by atoms with Crippen LogP contribution in [0.5, 0.6) is 0 Å². The molecule has 0 aliphatic carbocycles. The molecule has 0 saturated carbocycles. The fourth-order valence-corrected chi connectivity index (χ4v) is 1.98. The Bertz CT molecular complexity index is 322. The van der Waals surface area contributed by atoms with Gasteiger partial charge in [0.1, 0.15) is 5.82 Å². The lowest BCUT2D eigenvalue weighted by atomic mass is 9.96. The minimum atomic E-state index is -0.166. The molecule has 102 valence electrons. The predicted molar refractivity (Wildman–Crippen MR) is 75.2 cm³/mol. The Morgan fingerprint density at radius 1 is 1.11 bits per heavy atom. The van der Waals surface area contributed by atoms with Crippen molar-refractivity contribution in [3.8, 4) is 0 Å². The molecule has 0 aliphatic rings. The van der Waals surface area contributed by atoms with Crippen molar-refractivity contribution >= 4 is 0 Å². The molecule has 3 heteroatoms. The molecule has 1 atom stereocenters. The molecule has 0 fully saturated rings. The number of rotatable bonds is 8. The first-order valence-corrected chi connectivity index (χ1v) is 6.73. The van der Waals surface area contributed by atoms with E-state index in [1.165, 1.54) is 17.7 Å². The third-order valence-electron chi connectivity index (χ3n) is 3.32. The van der Waals surface area contributed by atoms with Crippen LogP contribution < -0.4 is 10.6 Å². The maximum atomic E-state index is 12.7. The molecule has 1 unspecified atom stereocenters.